The number of rotatable bonds is 4. The molecule has 0 atom stereocenters. The van der Waals surface area contributed by atoms with Crippen molar-refractivity contribution in [2.45, 2.75) is 6.92 Å². The molecule has 4 heterocycles. The Bertz CT molecular complexity index is 1360. The van der Waals surface area contributed by atoms with Crippen LogP contribution >= 0.6 is 11.6 Å². The van der Waals surface area contributed by atoms with Crippen molar-refractivity contribution in [3.05, 3.63) is 51.7 Å². The highest BCUT2D eigenvalue weighted by Gasteiger charge is 2.17. The average molecular weight is 453 g/mol. The van der Waals surface area contributed by atoms with Crippen LogP contribution in [0.25, 0.3) is 22.4 Å². The van der Waals surface area contributed by atoms with Crippen LogP contribution in [0.15, 0.2) is 39.7 Å². The molecule has 0 aliphatic carbocycles. The topological polar surface area (TPSA) is 114 Å². The number of aryl methyl sites for hydroxylation is 2. The van der Waals surface area contributed by atoms with Crippen molar-refractivity contribution < 1.29 is 4.42 Å². The molecule has 4 aromatic rings. The van der Waals surface area contributed by atoms with Crippen LogP contribution in [-0.4, -0.2) is 50.9 Å². The zero-order chi connectivity index (χ0) is 22.2. The van der Waals surface area contributed by atoms with Gasteiger partial charge in [-0.25, -0.2) is 4.98 Å². The molecule has 1 aromatic carbocycles. The van der Waals surface area contributed by atoms with Gasteiger partial charge >= 0.3 is 0 Å². The zero-order valence-electron chi connectivity index (χ0n) is 17.6. The number of piperazine rings is 1. The number of hydrogen-bond acceptors (Lipinski definition) is 9. The lowest BCUT2D eigenvalue weighted by Crippen LogP contribution is -2.44. The first-order valence-corrected chi connectivity index (χ1v) is 10.6. The standard InChI is InChI=1S/C21H21ClN8O2/c1-12-27-28-19(32-12)15-10-13-9-14(3-4-17(13)29(2)20(15)31)25-18-16(22)11-24-21(26-18)30-7-5-23-6-8-30/h3-4,9-11,23H,5-8H2,1-2H3,(H,24,25,26). The number of hydrogen-bond donors (Lipinski definition) is 2. The molecule has 10 nitrogen and oxygen atoms in total. The second-order valence-corrected chi connectivity index (χ2v) is 7.96. The summed E-state index contributed by atoms with van der Waals surface area (Å²) in [5.74, 6) is 1.75. The quantitative estimate of drug-likeness (QED) is 0.482. The summed E-state index contributed by atoms with van der Waals surface area (Å²) < 4.78 is 7.04. The lowest BCUT2D eigenvalue weighted by Gasteiger charge is -2.27. The van der Waals surface area contributed by atoms with Crippen molar-refractivity contribution in [3.8, 4) is 11.5 Å². The number of nitrogens with one attached hydrogen (secondary N) is 2. The lowest BCUT2D eigenvalue weighted by atomic mass is 10.1. The van der Waals surface area contributed by atoms with Crippen LogP contribution in [0.1, 0.15) is 5.89 Å². The van der Waals surface area contributed by atoms with E-state index < -0.39 is 0 Å². The van der Waals surface area contributed by atoms with Gasteiger partial charge in [-0.3, -0.25) is 4.79 Å². The van der Waals surface area contributed by atoms with Crippen molar-refractivity contribution in [2.24, 2.45) is 7.05 Å². The molecule has 1 aliphatic rings. The highest BCUT2D eigenvalue weighted by molar-refractivity contribution is 6.32. The van der Waals surface area contributed by atoms with E-state index in [0.717, 1.165) is 42.8 Å². The highest BCUT2D eigenvalue weighted by Crippen LogP contribution is 2.28. The molecular formula is C21H21ClN8O2. The monoisotopic (exact) mass is 452 g/mol. The van der Waals surface area contributed by atoms with E-state index in [-0.39, 0.29) is 11.4 Å². The van der Waals surface area contributed by atoms with Crippen molar-refractivity contribution in [1.82, 2.24) is 30.0 Å². The van der Waals surface area contributed by atoms with Crippen LogP contribution in [0.2, 0.25) is 5.02 Å². The van der Waals surface area contributed by atoms with E-state index in [9.17, 15) is 4.79 Å². The number of nitrogens with zero attached hydrogens (tertiary/aromatic N) is 6. The number of halogens is 1. The Morgan fingerprint density at radius 1 is 1.19 bits per heavy atom. The first kappa shape index (κ1) is 20.4. The largest absolute Gasteiger partial charge is 0.421 e. The van der Waals surface area contributed by atoms with Gasteiger partial charge in [-0.2, -0.15) is 4.98 Å². The van der Waals surface area contributed by atoms with Crippen LogP contribution in [-0.2, 0) is 7.05 Å². The Morgan fingerprint density at radius 2 is 2.00 bits per heavy atom. The summed E-state index contributed by atoms with van der Waals surface area (Å²) in [6, 6.07) is 7.42. The van der Waals surface area contributed by atoms with Gasteiger partial charge in [-0.1, -0.05) is 11.6 Å². The van der Waals surface area contributed by atoms with Crippen molar-refractivity contribution in [3.63, 3.8) is 0 Å². The van der Waals surface area contributed by atoms with E-state index in [4.69, 9.17) is 16.0 Å². The second kappa shape index (κ2) is 8.21. The lowest BCUT2D eigenvalue weighted by molar-refractivity contribution is 0.531. The van der Waals surface area contributed by atoms with Crippen LogP contribution < -0.4 is 21.1 Å². The highest BCUT2D eigenvalue weighted by atomic mass is 35.5. The van der Waals surface area contributed by atoms with Gasteiger partial charge in [-0.05, 0) is 24.3 Å². The summed E-state index contributed by atoms with van der Waals surface area (Å²) in [4.78, 5) is 23.9. The Balaban J connectivity index is 1.51. The molecule has 2 N–H and O–H groups in total. The summed E-state index contributed by atoms with van der Waals surface area (Å²) in [6.45, 7) is 5.14. The maximum Gasteiger partial charge on any atom is 0.263 e. The smallest absolute Gasteiger partial charge is 0.263 e. The Kier molecular flexibility index (Phi) is 5.24. The van der Waals surface area contributed by atoms with Crippen LogP contribution in [0.4, 0.5) is 17.5 Å². The number of fused-ring (bicyclic) bond motifs is 1. The van der Waals surface area contributed by atoms with E-state index in [1.807, 2.05) is 18.2 Å². The van der Waals surface area contributed by atoms with Gasteiger partial charge in [-0.15, -0.1) is 10.2 Å². The van der Waals surface area contributed by atoms with Gasteiger partial charge in [0, 0.05) is 51.2 Å². The number of pyridine rings is 1. The number of benzene rings is 1. The average Bonchev–Trinajstić information content (AvgIpc) is 3.24. The van der Waals surface area contributed by atoms with Crippen molar-refractivity contribution in [1.29, 1.82) is 0 Å². The fourth-order valence-electron chi connectivity index (χ4n) is 3.72. The van der Waals surface area contributed by atoms with Gasteiger partial charge in [0.1, 0.15) is 10.6 Å². The molecule has 1 saturated heterocycles. The minimum absolute atomic E-state index is 0.197. The van der Waals surface area contributed by atoms with Crippen LogP contribution in [0.3, 0.4) is 0 Å². The maximum absolute atomic E-state index is 12.8. The summed E-state index contributed by atoms with van der Waals surface area (Å²) in [6.07, 6.45) is 1.61. The first-order valence-electron chi connectivity index (χ1n) is 10.2. The molecule has 0 unspecified atom stereocenters. The third-order valence-corrected chi connectivity index (χ3v) is 5.65. The second-order valence-electron chi connectivity index (χ2n) is 7.55. The minimum Gasteiger partial charge on any atom is -0.421 e. The molecule has 1 fully saturated rings. The molecule has 0 radical (unpaired) electrons. The van der Waals surface area contributed by atoms with E-state index in [0.29, 0.717) is 28.2 Å². The van der Waals surface area contributed by atoms with E-state index in [1.54, 1.807) is 30.8 Å². The van der Waals surface area contributed by atoms with Gasteiger partial charge in [0.05, 0.1) is 11.7 Å². The van der Waals surface area contributed by atoms with E-state index in [1.165, 1.54) is 0 Å². The third kappa shape index (κ3) is 3.78. The van der Waals surface area contributed by atoms with Gasteiger partial charge in [0.2, 0.25) is 11.8 Å². The molecule has 3 aromatic heterocycles. The van der Waals surface area contributed by atoms with Crippen LogP contribution in [0.5, 0.6) is 0 Å². The molecule has 0 spiro atoms. The number of anilines is 3. The fourth-order valence-corrected chi connectivity index (χ4v) is 3.86. The molecular weight excluding hydrogens is 432 g/mol. The number of aromatic nitrogens is 5. The molecule has 0 saturated carbocycles. The van der Waals surface area contributed by atoms with Crippen molar-refractivity contribution >= 4 is 40.0 Å². The van der Waals surface area contributed by atoms with E-state index >= 15 is 0 Å². The molecule has 0 amide bonds. The van der Waals surface area contributed by atoms with Gasteiger partial charge in [0.15, 0.2) is 5.82 Å². The predicted octanol–water partition coefficient (Wildman–Crippen LogP) is 2.49. The molecule has 32 heavy (non-hydrogen) atoms. The predicted molar refractivity (Wildman–Crippen MR) is 123 cm³/mol. The molecule has 0 bridgehead atoms. The van der Waals surface area contributed by atoms with Crippen LogP contribution in [0, 0.1) is 6.92 Å². The summed E-state index contributed by atoms with van der Waals surface area (Å²) in [7, 11) is 1.71. The first-order chi connectivity index (χ1) is 15.5. The SMILES string of the molecule is Cc1nnc(-c2cc3cc(Nc4nc(N5CCNCC5)ncc4Cl)ccc3n(C)c2=O)o1. The maximum atomic E-state index is 12.8. The Hall–Kier alpha value is -3.50. The molecule has 1 aliphatic heterocycles. The van der Waals surface area contributed by atoms with Crippen molar-refractivity contribution in [2.75, 3.05) is 36.4 Å². The minimum atomic E-state index is -0.207. The van der Waals surface area contributed by atoms with Gasteiger partial charge < -0.3 is 24.5 Å². The summed E-state index contributed by atoms with van der Waals surface area (Å²) in [5, 5.41) is 15.7. The van der Waals surface area contributed by atoms with E-state index in [2.05, 4.69) is 35.7 Å². The molecule has 5 rings (SSSR count). The normalized spacial score (nSPS) is 14.2. The zero-order valence-corrected chi connectivity index (χ0v) is 18.3. The van der Waals surface area contributed by atoms with Gasteiger partial charge in [0.25, 0.3) is 11.4 Å². The fraction of sp³-hybridized carbons (Fsp3) is 0.286. The summed E-state index contributed by atoms with van der Waals surface area (Å²) >= 11 is 6.37. The Labute approximate surface area is 188 Å². The molecule has 11 heteroatoms. The summed E-state index contributed by atoms with van der Waals surface area (Å²) in [5.41, 5.74) is 1.69. The third-order valence-electron chi connectivity index (χ3n) is 5.37. The molecule has 164 valence electrons. The Morgan fingerprint density at radius 3 is 2.75 bits per heavy atom.